The molecule has 3 rings (SSSR count). The number of para-hydroxylation sites is 1. The first kappa shape index (κ1) is 10.4. The quantitative estimate of drug-likeness (QED) is 0.773. The molecule has 1 saturated heterocycles. The number of nitrogens with zero attached hydrogens (tertiary/aromatic N) is 1. The van der Waals surface area contributed by atoms with Crippen LogP contribution in [-0.4, -0.2) is 28.8 Å². The molecule has 4 nitrogen and oxygen atoms in total. The van der Waals surface area contributed by atoms with Crippen molar-refractivity contribution in [3.63, 3.8) is 0 Å². The van der Waals surface area contributed by atoms with Gasteiger partial charge in [-0.15, -0.1) is 0 Å². The van der Waals surface area contributed by atoms with Gasteiger partial charge in [-0.1, -0.05) is 12.1 Å². The summed E-state index contributed by atoms with van der Waals surface area (Å²) in [5.74, 6) is -0.725. The third kappa shape index (κ3) is 1.47. The number of hydrogen-bond acceptors (Lipinski definition) is 3. The second kappa shape index (κ2) is 3.65. The molecule has 0 aromatic heterocycles. The van der Waals surface area contributed by atoms with Gasteiger partial charge in [0.25, 0.3) is 0 Å². The summed E-state index contributed by atoms with van der Waals surface area (Å²) in [4.78, 5) is 13.2. The Morgan fingerprint density at radius 2 is 2.18 bits per heavy atom. The summed E-state index contributed by atoms with van der Waals surface area (Å²) in [7, 11) is 0. The van der Waals surface area contributed by atoms with Crippen molar-refractivity contribution < 1.29 is 15.0 Å². The van der Waals surface area contributed by atoms with Crippen molar-refractivity contribution in [1.29, 1.82) is 0 Å². The molecular formula is C13H15NO3. The number of phenolic OH excluding ortho intramolecular Hbond substituents is 1. The molecule has 2 heterocycles. The lowest BCUT2D eigenvalue weighted by atomic mass is 9.90. The molecule has 2 N–H and O–H groups in total. The van der Waals surface area contributed by atoms with Crippen LogP contribution in [-0.2, 0) is 11.2 Å². The van der Waals surface area contributed by atoms with E-state index < -0.39 is 5.97 Å². The molecule has 2 atom stereocenters. The summed E-state index contributed by atoms with van der Waals surface area (Å²) >= 11 is 0. The van der Waals surface area contributed by atoms with Crippen molar-refractivity contribution in [3.05, 3.63) is 23.8 Å². The minimum Gasteiger partial charge on any atom is -0.506 e. The van der Waals surface area contributed by atoms with Crippen LogP contribution < -0.4 is 4.90 Å². The predicted molar refractivity (Wildman–Crippen MR) is 63.3 cm³/mol. The molecule has 90 valence electrons. The molecule has 4 heteroatoms. The van der Waals surface area contributed by atoms with Crippen LogP contribution >= 0.6 is 0 Å². The Kier molecular flexibility index (Phi) is 2.24. The van der Waals surface area contributed by atoms with E-state index in [1.807, 2.05) is 12.1 Å². The fourth-order valence-electron chi connectivity index (χ4n) is 3.19. The van der Waals surface area contributed by atoms with Crippen molar-refractivity contribution in [2.75, 3.05) is 11.4 Å². The molecule has 2 aliphatic heterocycles. The molecule has 2 unspecified atom stereocenters. The van der Waals surface area contributed by atoms with Crippen LogP contribution in [0.5, 0.6) is 5.75 Å². The van der Waals surface area contributed by atoms with E-state index in [0.29, 0.717) is 6.42 Å². The highest BCUT2D eigenvalue weighted by Crippen LogP contribution is 2.43. The Morgan fingerprint density at radius 1 is 1.35 bits per heavy atom. The lowest BCUT2D eigenvalue weighted by Gasteiger charge is -2.35. The normalized spacial score (nSPS) is 26.5. The average Bonchev–Trinajstić information content (AvgIpc) is 2.72. The number of hydrogen-bond donors (Lipinski definition) is 2. The largest absolute Gasteiger partial charge is 0.506 e. The van der Waals surface area contributed by atoms with Crippen LogP contribution in [0, 0.1) is 5.92 Å². The van der Waals surface area contributed by atoms with Crippen LogP contribution in [0.15, 0.2) is 18.2 Å². The maximum Gasteiger partial charge on any atom is 0.308 e. The lowest BCUT2D eigenvalue weighted by molar-refractivity contribution is -0.141. The van der Waals surface area contributed by atoms with Crippen LogP contribution in [0.4, 0.5) is 5.69 Å². The Morgan fingerprint density at radius 3 is 2.94 bits per heavy atom. The van der Waals surface area contributed by atoms with E-state index in [-0.39, 0.29) is 17.7 Å². The van der Waals surface area contributed by atoms with Crippen molar-refractivity contribution in [1.82, 2.24) is 0 Å². The maximum absolute atomic E-state index is 11.2. The number of carbonyl (C=O) groups is 1. The van der Waals surface area contributed by atoms with Gasteiger partial charge in [0.15, 0.2) is 0 Å². The summed E-state index contributed by atoms with van der Waals surface area (Å²) < 4.78 is 0. The highest BCUT2D eigenvalue weighted by Gasteiger charge is 2.42. The SMILES string of the molecule is O=C(O)C1CCN2c3c(O)cccc3CCC12. The van der Waals surface area contributed by atoms with Crippen molar-refractivity contribution >= 4 is 11.7 Å². The molecular weight excluding hydrogens is 218 g/mol. The van der Waals surface area contributed by atoms with Gasteiger partial charge in [-0.05, 0) is 30.9 Å². The molecule has 0 amide bonds. The smallest absolute Gasteiger partial charge is 0.308 e. The van der Waals surface area contributed by atoms with Crippen LogP contribution in [0.25, 0.3) is 0 Å². The minimum absolute atomic E-state index is 0.0494. The molecule has 0 radical (unpaired) electrons. The first-order valence-electron chi connectivity index (χ1n) is 5.99. The van der Waals surface area contributed by atoms with E-state index >= 15 is 0 Å². The van der Waals surface area contributed by atoms with E-state index in [9.17, 15) is 15.0 Å². The number of benzene rings is 1. The third-order valence-corrected chi connectivity index (χ3v) is 3.96. The molecule has 0 spiro atoms. The fraction of sp³-hybridized carbons (Fsp3) is 0.462. The van der Waals surface area contributed by atoms with Gasteiger partial charge in [-0.3, -0.25) is 4.79 Å². The van der Waals surface area contributed by atoms with Gasteiger partial charge in [0.2, 0.25) is 0 Å². The third-order valence-electron chi connectivity index (χ3n) is 3.96. The van der Waals surface area contributed by atoms with Crippen LogP contribution in [0.1, 0.15) is 18.4 Å². The van der Waals surface area contributed by atoms with Gasteiger partial charge in [-0.2, -0.15) is 0 Å². The summed E-state index contributed by atoms with van der Waals surface area (Å²) in [6, 6.07) is 5.58. The van der Waals surface area contributed by atoms with E-state index in [1.165, 1.54) is 0 Å². The number of aryl methyl sites for hydroxylation is 1. The number of carboxylic acids is 1. The van der Waals surface area contributed by atoms with E-state index in [4.69, 9.17) is 0 Å². The predicted octanol–water partition coefficient (Wildman–Crippen LogP) is 1.62. The van der Waals surface area contributed by atoms with Gasteiger partial charge in [0, 0.05) is 12.6 Å². The van der Waals surface area contributed by atoms with E-state index in [0.717, 1.165) is 30.6 Å². The minimum atomic E-state index is -0.712. The topological polar surface area (TPSA) is 60.8 Å². The molecule has 17 heavy (non-hydrogen) atoms. The zero-order chi connectivity index (χ0) is 12.0. The number of aliphatic carboxylic acids is 1. The molecule has 0 saturated carbocycles. The van der Waals surface area contributed by atoms with E-state index in [2.05, 4.69) is 4.90 Å². The number of rotatable bonds is 1. The Balaban J connectivity index is 2.01. The zero-order valence-electron chi connectivity index (χ0n) is 9.47. The number of aromatic hydroxyl groups is 1. The Bertz CT molecular complexity index is 472. The first-order chi connectivity index (χ1) is 8.18. The summed E-state index contributed by atoms with van der Waals surface area (Å²) in [6.07, 6.45) is 2.40. The van der Waals surface area contributed by atoms with Crippen molar-refractivity contribution in [2.45, 2.75) is 25.3 Å². The number of anilines is 1. The highest BCUT2D eigenvalue weighted by atomic mass is 16.4. The lowest BCUT2D eigenvalue weighted by Crippen LogP contribution is -2.39. The van der Waals surface area contributed by atoms with Crippen LogP contribution in [0.2, 0.25) is 0 Å². The standard InChI is InChI=1S/C13H15NO3/c15-11-3-1-2-8-4-5-10-9(13(16)17)6-7-14(10)12(8)11/h1-3,9-10,15H,4-7H2,(H,16,17). The van der Waals surface area contributed by atoms with Crippen LogP contribution in [0.3, 0.4) is 0 Å². The van der Waals surface area contributed by atoms with Gasteiger partial charge >= 0.3 is 5.97 Å². The summed E-state index contributed by atoms with van der Waals surface area (Å²) in [5, 5.41) is 19.1. The van der Waals surface area contributed by atoms with Gasteiger partial charge < -0.3 is 15.1 Å². The number of fused-ring (bicyclic) bond motifs is 3. The van der Waals surface area contributed by atoms with Gasteiger partial charge in [0.05, 0.1) is 11.6 Å². The van der Waals surface area contributed by atoms with E-state index in [1.54, 1.807) is 6.07 Å². The average molecular weight is 233 g/mol. The van der Waals surface area contributed by atoms with Gasteiger partial charge in [-0.25, -0.2) is 0 Å². The number of carboxylic acid groups (broad SMARTS) is 1. The fourth-order valence-corrected chi connectivity index (χ4v) is 3.19. The molecule has 1 aromatic carbocycles. The number of phenols is 1. The highest BCUT2D eigenvalue weighted by molar-refractivity contribution is 5.75. The van der Waals surface area contributed by atoms with Gasteiger partial charge in [0.1, 0.15) is 5.75 Å². The molecule has 1 fully saturated rings. The summed E-state index contributed by atoms with van der Waals surface area (Å²) in [6.45, 7) is 0.728. The first-order valence-corrected chi connectivity index (χ1v) is 5.99. The molecule has 0 bridgehead atoms. The summed E-state index contributed by atoms with van der Waals surface area (Å²) in [5.41, 5.74) is 1.99. The second-order valence-corrected chi connectivity index (χ2v) is 4.82. The maximum atomic E-state index is 11.2. The molecule has 1 aromatic rings. The Labute approximate surface area is 99.5 Å². The molecule has 0 aliphatic carbocycles. The monoisotopic (exact) mass is 233 g/mol. The van der Waals surface area contributed by atoms with Crippen molar-refractivity contribution in [2.24, 2.45) is 5.92 Å². The second-order valence-electron chi connectivity index (χ2n) is 4.82. The molecule has 2 aliphatic rings. The Hall–Kier alpha value is -1.71. The zero-order valence-corrected chi connectivity index (χ0v) is 9.47. The van der Waals surface area contributed by atoms with Crippen molar-refractivity contribution in [3.8, 4) is 5.75 Å².